The van der Waals surface area contributed by atoms with Crippen LogP contribution in [-0.2, 0) is 6.54 Å². The fraction of sp³-hybridized carbons (Fsp3) is 0.167. The van der Waals surface area contributed by atoms with Gasteiger partial charge in [-0.1, -0.05) is 53.1 Å². The van der Waals surface area contributed by atoms with Crippen molar-refractivity contribution >= 4 is 28.8 Å². The molecule has 0 aliphatic heterocycles. The molecule has 0 atom stereocenters. The number of carbonyl (C=O) groups is 1. The summed E-state index contributed by atoms with van der Waals surface area (Å²) in [5.74, 6) is 0. The molecule has 1 aromatic heterocycles. The number of fused-ring (bicyclic) bond motifs is 1. The molecule has 0 saturated carbocycles. The summed E-state index contributed by atoms with van der Waals surface area (Å²) in [5.41, 5.74) is 5.07. The van der Waals surface area contributed by atoms with Crippen LogP contribution in [0.4, 0.5) is 0 Å². The Labute approximate surface area is 129 Å². The van der Waals surface area contributed by atoms with E-state index < -0.39 is 0 Å². The van der Waals surface area contributed by atoms with Gasteiger partial charge in [0.1, 0.15) is 5.15 Å². The van der Waals surface area contributed by atoms with Crippen LogP contribution in [0.1, 0.15) is 27.0 Å². The van der Waals surface area contributed by atoms with E-state index in [1.54, 1.807) is 0 Å². The van der Waals surface area contributed by atoms with E-state index in [1.807, 2.05) is 35.8 Å². The minimum absolute atomic E-state index is 0.507. The molecule has 106 valence electrons. The molecule has 0 N–H and O–H groups in total. The second-order valence-corrected chi connectivity index (χ2v) is 5.78. The first-order valence-corrected chi connectivity index (χ1v) is 7.27. The van der Waals surface area contributed by atoms with Crippen molar-refractivity contribution in [1.29, 1.82) is 0 Å². The van der Waals surface area contributed by atoms with Crippen molar-refractivity contribution in [2.75, 3.05) is 0 Å². The Balaban J connectivity index is 2.18. The van der Waals surface area contributed by atoms with Crippen LogP contribution in [0.3, 0.4) is 0 Å². The van der Waals surface area contributed by atoms with E-state index in [4.69, 9.17) is 11.6 Å². The summed E-state index contributed by atoms with van der Waals surface area (Å²) in [7, 11) is 0. The maximum Gasteiger partial charge on any atom is 0.153 e. The fourth-order valence-electron chi connectivity index (χ4n) is 2.72. The Morgan fingerprint density at radius 1 is 1.10 bits per heavy atom. The molecule has 2 nitrogen and oxygen atoms in total. The molecule has 3 aromatic rings. The summed E-state index contributed by atoms with van der Waals surface area (Å²) in [5, 5.41) is 1.43. The van der Waals surface area contributed by atoms with Crippen molar-refractivity contribution in [1.82, 2.24) is 4.57 Å². The third-order valence-corrected chi connectivity index (χ3v) is 4.14. The van der Waals surface area contributed by atoms with E-state index >= 15 is 0 Å². The highest BCUT2D eigenvalue weighted by Gasteiger charge is 2.15. The predicted molar refractivity (Wildman–Crippen MR) is 87.4 cm³/mol. The van der Waals surface area contributed by atoms with Gasteiger partial charge in [0.15, 0.2) is 6.29 Å². The maximum atomic E-state index is 11.4. The maximum absolute atomic E-state index is 11.4. The van der Waals surface area contributed by atoms with Crippen LogP contribution in [0.25, 0.3) is 10.9 Å². The van der Waals surface area contributed by atoms with Crippen LogP contribution >= 0.6 is 11.6 Å². The highest BCUT2D eigenvalue weighted by Crippen LogP contribution is 2.30. The van der Waals surface area contributed by atoms with E-state index in [9.17, 15) is 4.79 Å². The Kier molecular flexibility index (Phi) is 3.56. The third-order valence-electron chi connectivity index (χ3n) is 3.73. The number of rotatable bonds is 3. The fourth-order valence-corrected chi connectivity index (χ4v) is 3.02. The van der Waals surface area contributed by atoms with Gasteiger partial charge >= 0.3 is 0 Å². The first-order chi connectivity index (χ1) is 10.1. The van der Waals surface area contributed by atoms with Crippen LogP contribution in [0.2, 0.25) is 5.15 Å². The van der Waals surface area contributed by atoms with E-state index in [1.165, 1.54) is 11.1 Å². The number of aldehydes is 1. The number of halogens is 1. The van der Waals surface area contributed by atoms with Gasteiger partial charge in [-0.3, -0.25) is 4.79 Å². The highest BCUT2D eigenvalue weighted by atomic mass is 35.5. The minimum atomic E-state index is 0.507. The number of aromatic nitrogens is 1. The number of aryl methyl sites for hydroxylation is 2. The summed E-state index contributed by atoms with van der Waals surface area (Å²) < 4.78 is 1.99. The smallest absolute Gasteiger partial charge is 0.153 e. The second kappa shape index (κ2) is 5.38. The Bertz CT molecular complexity index is 833. The van der Waals surface area contributed by atoms with Gasteiger partial charge < -0.3 is 4.57 Å². The van der Waals surface area contributed by atoms with Crippen molar-refractivity contribution in [3.05, 3.63) is 69.9 Å². The van der Waals surface area contributed by atoms with Crippen LogP contribution < -0.4 is 0 Å². The average molecular weight is 298 g/mol. The number of carbonyl (C=O) groups excluding carboxylic acids is 1. The quantitative estimate of drug-likeness (QED) is 0.638. The summed E-state index contributed by atoms with van der Waals surface area (Å²) in [6, 6.07) is 14.4. The third kappa shape index (κ3) is 2.47. The molecule has 0 unspecified atom stereocenters. The van der Waals surface area contributed by atoms with Crippen LogP contribution in [0, 0.1) is 13.8 Å². The molecular formula is C18H16ClNO. The zero-order chi connectivity index (χ0) is 15.0. The molecular weight excluding hydrogens is 282 g/mol. The number of nitrogens with zero attached hydrogens (tertiary/aromatic N) is 1. The van der Waals surface area contributed by atoms with Gasteiger partial charge in [0.2, 0.25) is 0 Å². The molecule has 2 aromatic carbocycles. The van der Waals surface area contributed by atoms with Gasteiger partial charge in [0, 0.05) is 11.9 Å². The Morgan fingerprint density at radius 3 is 2.57 bits per heavy atom. The van der Waals surface area contributed by atoms with Crippen LogP contribution in [-0.4, -0.2) is 10.9 Å². The molecule has 3 rings (SSSR count). The Morgan fingerprint density at radius 2 is 1.86 bits per heavy atom. The zero-order valence-corrected chi connectivity index (χ0v) is 12.8. The monoisotopic (exact) mass is 297 g/mol. The van der Waals surface area contributed by atoms with E-state index in [-0.39, 0.29) is 0 Å². The van der Waals surface area contributed by atoms with Gasteiger partial charge in [-0.05, 0) is 31.5 Å². The standard InChI is InChI=1S/C18H16ClNO/c1-12-4-3-5-14(8-12)10-20-17-7-6-13(2)9-15(17)16(11-21)18(20)19/h3-9,11H,10H2,1-2H3. The minimum Gasteiger partial charge on any atom is -0.327 e. The van der Waals surface area contributed by atoms with Crippen molar-refractivity contribution < 1.29 is 4.79 Å². The molecule has 0 aliphatic rings. The zero-order valence-electron chi connectivity index (χ0n) is 12.1. The summed E-state index contributed by atoms with van der Waals surface area (Å²) in [4.78, 5) is 11.4. The molecule has 0 spiro atoms. The second-order valence-electron chi connectivity index (χ2n) is 5.42. The predicted octanol–water partition coefficient (Wildman–Crippen LogP) is 4.77. The first-order valence-electron chi connectivity index (χ1n) is 6.89. The average Bonchev–Trinajstić information content (AvgIpc) is 2.70. The molecule has 0 amide bonds. The first kappa shape index (κ1) is 13.9. The van der Waals surface area contributed by atoms with Gasteiger partial charge in [-0.25, -0.2) is 0 Å². The number of hydrogen-bond acceptors (Lipinski definition) is 1. The van der Waals surface area contributed by atoms with Crippen LogP contribution in [0.5, 0.6) is 0 Å². The molecule has 21 heavy (non-hydrogen) atoms. The van der Waals surface area contributed by atoms with Crippen molar-refractivity contribution in [3.8, 4) is 0 Å². The van der Waals surface area contributed by atoms with Gasteiger partial charge in [0.25, 0.3) is 0 Å². The lowest BCUT2D eigenvalue weighted by atomic mass is 10.1. The highest BCUT2D eigenvalue weighted by molar-refractivity contribution is 6.34. The van der Waals surface area contributed by atoms with E-state index in [0.29, 0.717) is 17.3 Å². The van der Waals surface area contributed by atoms with E-state index in [0.717, 1.165) is 22.8 Å². The van der Waals surface area contributed by atoms with Gasteiger partial charge in [-0.15, -0.1) is 0 Å². The van der Waals surface area contributed by atoms with Crippen LogP contribution in [0.15, 0.2) is 42.5 Å². The van der Waals surface area contributed by atoms with E-state index in [2.05, 4.69) is 25.1 Å². The normalized spacial score (nSPS) is 11.0. The Hall–Kier alpha value is -2.06. The molecule has 0 radical (unpaired) electrons. The van der Waals surface area contributed by atoms with Gasteiger partial charge in [-0.2, -0.15) is 0 Å². The SMILES string of the molecule is Cc1cccc(Cn2c(Cl)c(C=O)c3cc(C)ccc32)c1. The summed E-state index contributed by atoms with van der Waals surface area (Å²) >= 11 is 6.43. The van der Waals surface area contributed by atoms with Gasteiger partial charge in [0.05, 0.1) is 11.1 Å². The number of benzene rings is 2. The molecule has 0 saturated heterocycles. The largest absolute Gasteiger partial charge is 0.327 e. The molecule has 1 heterocycles. The molecule has 0 bridgehead atoms. The summed E-state index contributed by atoms with van der Waals surface area (Å²) in [6.45, 7) is 4.74. The van der Waals surface area contributed by atoms with Crippen molar-refractivity contribution in [3.63, 3.8) is 0 Å². The molecule has 0 fully saturated rings. The molecule has 0 aliphatic carbocycles. The number of hydrogen-bond donors (Lipinski definition) is 0. The van der Waals surface area contributed by atoms with Crippen molar-refractivity contribution in [2.45, 2.75) is 20.4 Å². The van der Waals surface area contributed by atoms with Crippen molar-refractivity contribution in [2.24, 2.45) is 0 Å². The lowest BCUT2D eigenvalue weighted by molar-refractivity contribution is 0.112. The lowest BCUT2D eigenvalue weighted by Gasteiger charge is -2.08. The summed E-state index contributed by atoms with van der Waals surface area (Å²) in [6.07, 6.45) is 0.844. The lowest BCUT2D eigenvalue weighted by Crippen LogP contribution is -2.00. The molecule has 3 heteroatoms. The topological polar surface area (TPSA) is 22.0 Å².